The van der Waals surface area contributed by atoms with Crippen molar-refractivity contribution in [1.29, 1.82) is 0 Å². The number of aromatic amines is 1. The molecular weight excluding hydrogens is 1400 g/mol. The van der Waals surface area contributed by atoms with E-state index in [0.717, 1.165) is 16.7 Å². The molecule has 27 heteroatoms. The SMILES string of the molecule is CC[C@@H](NC(=O)C(C)NC(=O)OCc1ccccc1)C(=O)N[C@H]1Cc2cccc(c2)CNC(=O)CCC(C(=O)C[C@H](C(=O)N[C@@H](Cc2ccc(OC)cc2)C(=O)N2CCC[C@@]2(C)C(=O)NCCc2ccc(CNC(=O)CCC(=O)OC)cc2)[C@@H](C)OC(C)(C)C)N(C)C(=O)[C@H](Cc2c[nH]c3ccc(F)cc23)CC1=O. The van der Waals surface area contributed by atoms with Crippen molar-refractivity contribution in [3.63, 3.8) is 0 Å². The summed E-state index contributed by atoms with van der Waals surface area (Å²) >= 11 is 0. The lowest BCUT2D eigenvalue weighted by Gasteiger charge is -2.37. The van der Waals surface area contributed by atoms with E-state index in [1.807, 2.05) is 30.3 Å². The zero-order valence-electron chi connectivity index (χ0n) is 63.8. The minimum absolute atomic E-state index is 0.000146. The van der Waals surface area contributed by atoms with Crippen molar-refractivity contribution in [2.75, 3.05) is 34.4 Å². The maximum absolute atomic E-state index is 15.8. The molecule has 584 valence electrons. The molecule has 2 bridgehead atoms. The fourth-order valence-corrected chi connectivity index (χ4v) is 13.7. The van der Waals surface area contributed by atoms with Crippen LogP contribution in [0.4, 0.5) is 9.18 Å². The quantitative estimate of drug-likeness (QED) is 0.0203. The third kappa shape index (κ3) is 24.3. The maximum Gasteiger partial charge on any atom is 0.408 e. The van der Waals surface area contributed by atoms with Gasteiger partial charge in [0, 0.05) is 88.3 Å². The molecule has 8 N–H and O–H groups in total. The molecule has 5 aromatic carbocycles. The molecule has 1 aromatic heterocycles. The Balaban J connectivity index is 1.06. The van der Waals surface area contributed by atoms with Gasteiger partial charge in [-0.1, -0.05) is 97.9 Å². The van der Waals surface area contributed by atoms with Crippen molar-refractivity contribution in [1.82, 2.24) is 52.0 Å². The molecule has 0 aliphatic carbocycles. The highest BCUT2D eigenvalue weighted by Crippen LogP contribution is 2.33. The van der Waals surface area contributed by atoms with E-state index in [-0.39, 0.29) is 90.1 Å². The monoisotopic (exact) mass is 1500 g/mol. The van der Waals surface area contributed by atoms with Crippen molar-refractivity contribution >= 4 is 81.8 Å². The second kappa shape index (κ2) is 39.3. The summed E-state index contributed by atoms with van der Waals surface area (Å²) in [7, 11) is 4.14. The lowest BCUT2D eigenvalue weighted by Crippen LogP contribution is -2.61. The average Bonchev–Trinajstić information content (AvgIpc) is 1.69. The largest absolute Gasteiger partial charge is 0.497 e. The third-order valence-electron chi connectivity index (χ3n) is 19.9. The lowest BCUT2D eigenvalue weighted by molar-refractivity contribution is -0.149. The number of methoxy groups -OCH3 is 2. The van der Waals surface area contributed by atoms with Crippen LogP contribution in [0, 0.1) is 17.7 Å². The Bertz CT molecular complexity index is 4200. The van der Waals surface area contributed by atoms with E-state index in [4.69, 9.17) is 14.2 Å². The maximum atomic E-state index is 15.8. The van der Waals surface area contributed by atoms with Gasteiger partial charge in [-0.3, -0.25) is 52.7 Å². The number of carbonyl (C=O) groups is 12. The molecule has 3 heterocycles. The fraction of sp³-hybridized carbons (Fsp3) is 0.463. The fourth-order valence-electron chi connectivity index (χ4n) is 13.7. The summed E-state index contributed by atoms with van der Waals surface area (Å²) in [4.78, 5) is 177. The average molecular weight is 1500 g/mol. The van der Waals surface area contributed by atoms with E-state index < -0.39 is 143 Å². The first-order chi connectivity index (χ1) is 51.9. The Labute approximate surface area is 635 Å². The van der Waals surface area contributed by atoms with Crippen LogP contribution in [0.2, 0.25) is 0 Å². The molecule has 2 aliphatic rings. The zero-order chi connectivity index (χ0) is 79.1. The van der Waals surface area contributed by atoms with Gasteiger partial charge < -0.3 is 70.9 Å². The number of hydrogen-bond acceptors (Lipinski definition) is 16. The molecule has 26 nitrogen and oxygen atoms in total. The van der Waals surface area contributed by atoms with E-state index in [1.54, 1.807) is 121 Å². The molecule has 0 radical (unpaired) electrons. The van der Waals surface area contributed by atoms with Crippen LogP contribution in [-0.4, -0.2) is 167 Å². The smallest absolute Gasteiger partial charge is 0.408 e. The summed E-state index contributed by atoms with van der Waals surface area (Å²) in [6.45, 7) is 12.2. The van der Waals surface area contributed by atoms with Gasteiger partial charge in [0.2, 0.25) is 47.3 Å². The van der Waals surface area contributed by atoms with E-state index in [0.29, 0.717) is 58.2 Å². The van der Waals surface area contributed by atoms with Crippen molar-refractivity contribution in [2.45, 2.75) is 199 Å². The number of benzene rings is 5. The Morgan fingerprint density at radius 2 is 1.45 bits per heavy atom. The highest BCUT2D eigenvalue weighted by Gasteiger charge is 2.48. The second-order valence-corrected chi connectivity index (χ2v) is 29.2. The Kier molecular flexibility index (Phi) is 30.2. The highest BCUT2D eigenvalue weighted by atomic mass is 19.1. The number of likely N-dealkylation sites (N-methyl/N-ethyl adjacent to an activating group) is 1. The van der Waals surface area contributed by atoms with Gasteiger partial charge in [0.25, 0.3) is 0 Å². The number of ketones is 2. The molecule has 6 aromatic rings. The number of esters is 1. The third-order valence-corrected chi connectivity index (χ3v) is 19.9. The number of H-pyrrole nitrogens is 1. The van der Waals surface area contributed by atoms with E-state index in [1.165, 1.54) is 56.2 Å². The van der Waals surface area contributed by atoms with Crippen LogP contribution in [0.1, 0.15) is 145 Å². The number of halogens is 1. The van der Waals surface area contributed by atoms with Crippen LogP contribution in [0.5, 0.6) is 5.75 Å². The van der Waals surface area contributed by atoms with Crippen LogP contribution in [0.15, 0.2) is 128 Å². The second-order valence-electron chi connectivity index (χ2n) is 29.2. The van der Waals surface area contributed by atoms with Crippen LogP contribution in [0.3, 0.4) is 0 Å². The number of Topliss-reactive ketones (excluding diaryl/α,β-unsaturated/α-hetero) is 2. The van der Waals surface area contributed by atoms with Gasteiger partial charge in [0.15, 0.2) is 11.6 Å². The first-order valence-electron chi connectivity index (χ1n) is 37.1. The topological polar surface area (TPSA) is 348 Å². The van der Waals surface area contributed by atoms with Crippen LogP contribution in [0.25, 0.3) is 10.9 Å². The predicted octanol–water partition coefficient (Wildman–Crippen LogP) is 7.42. The summed E-state index contributed by atoms with van der Waals surface area (Å²) in [6, 6.07) is 27.8. The van der Waals surface area contributed by atoms with Gasteiger partial charge in [0.1, 0.15) is 41.8 Å². The number of nitrogens with one attached hydrogen (secondary N) is 8. The normalized spacial score (nSPS) is 18.5. The molecule has 1 saturated heterocycles. The Hall–Kier alpha value is -10.8. The van der Waals surface area contributed by atoms with Gasteiger partial charge >= 0.3 is 12.1 Å². The van der Waals surface area contributed by atoms with Crippen LogP contribution in [-0.2, 0) is 112 Å². The van der Waals surface area contributed by atoms with E-state index in [9.17, 15) is 33.6 Å². The number of amides is 9. The van der Waals surface area contributed by atoms with Crippen LogP contribution < -0.4 is 42.0 Å². The van der Waals surface area contributed by atoms with Gasteiger partial charge in [0.05, 0.1) is 50.3 Å². The van der Waals surface area contributed by atoms with Gasteiger partial charge in [-0.05, 0) is 156 Å². The van der Waals surface area contributed by atoms with Crippen molar-refractivity contribution in [3.05, 3.63) is 172 Å². The van der Waals surface area contributed by atoms with Crippen molar-refractivity contribution < 1.29 is 80.9 Å². The van der Waals surface area contributed by atoms with Gasteiger partial charge in [-0.25, -0.2) is 9.18 Å². The predicted molar refractivity (Wildman–Crippen MR) is 404 cm³/mol. The minimum atomic E-state index is -1.46. The molecule has 9 amide bonds. The van der Waals surface area contributed by atoms with Crippen LogP contribution >= 0.6 is 0 Å². The van der Waals surface area contributed by atoms with Gasteiger partial charge in [-0.15, -0.1) is 0 Å². The molecule has 8 rings (SSSR count). The van der Waals surface area contributed by atoms with Crippen molar-refractivity contribution in [2.24, 2.45) is 11.8 Å². The standard InChI is InChI=1S/C82H103FN10O16/c1-11-64(89-74(99)50(2)88-80(105)108-49-55-17-13-12-14-18-55)76(101)90-66-41-56-19-15-20-57(39-56)47-87-71(96)32-31-68(92(8)77(102)58(43-69(66)94)42-59-48-85-65-30-27-60(83)44-63(59)65)70(95)45-62(51(3)109-81(4,5)6)75(100)91-67(40-53-25-28-61(106-9)29-26-53)78(103)93-38-16-36-82(93,7)79(104)84-37-35-52-21-23-54(24-22-52)46-86-72(97)33-34-73(98)107-10/h12-15,17-30,39,44,48,50-51,58,62,64,66-68,85H,11,16,31-38,40-43,45-47,49H2,1-10H3,(H,84,104)(H,86,97)(H,87,96)(H,88,105)(H,89,99)(H,90,101)(H,91,100)/t50?,51-,58-,62+,64-,66+,67+,68?,82+/m1/s1. The molecule has 1 fully saturated rings. The first-order valence-corrected chi connectivity index (χ1v) is 37.1. The number of alkyl carbamates (subject to hydrolysis) is 1. The lowest BCUT2D eigenvalue weighted by atomic mass is 9.87. The summed E-state index contributed by atoms with van der Waals surface area (Å²) < 4.78 is 37.0. The molecule has 2 aliphatic heterocycles. The summed E-state index contributed by atoms with van der Waals surface area (Å²) in [5.41, 5.74) is 2.93. The van der Waals surface area contributed by atoms with Gasteiger partial charge in [-0.2, -0.15) is 0 Å². The number of likely N-dealkylation sites (tertiary alicyclic amines) is 1. The molecule has 109 heavy (non-hydrogen) atoms. The minimum Gasteiger partial charge on any atom is -0.497 e. The molecule has 9 atom stereocenters. The highest BCUT2D eigenvalue weighted by molar-refractivity contribution is 5.99. The van der Waals surface area contributed by atoms with E-state index >= 15 is 28.4 Å². The number of carbonyl (C=O) groups excluding carboxylic acids is 12. The molecule has 0 spiro atoms. The summed E-state index contributed by atoms with van der Waals surface area (Å²) in [6.07, 6.45) is -1.28. The Morgan fingerprint density at radius 1 is 0.752 bits per heavy atom. The van der Waals surface area contributed by atoms with Crippen molar-refractivity contribution in [3.8, 4) is 5.75 Å². The number of fused-ring (bicyclic) bond motifs is 3. The number of nitrogens with zero attached hydrogens (tertiary/aromatic N) is 2. The van der Waals surface area contributed by atoms with E-state index in [2.05, 4.69) is 46.9 Å². The Morgan fingerprint density at radius 3 is 2.15 bits per heavy atom. The molecule has 0 saturated carbocycles. The first kappa shape index (κ1) is 83.8. The summed E-state index contributed by atoms with van der Waals surface area (Å²) in [5.74, 6) is -9.29. The number of hydrogen-bond donors (Lipinski definition) is 8. The number of aromatic nitrogens is 1. The number of ether oxygens (including phenoxy) is 4. The zero-order valence-corrected chi connectivity index (χ0v) is 63.8. The molecule has 2 unspecified atom stereocenters. The molecular formula is C82H103FN10O16. The number of rotatable bonds is 30. The summed E-state index contributed by atoms with van der Waals surface area (Å²) in [5, 5.41) is 20.1.